The van der Waals surface area contributed by atoms with E-state index in [0.29, 0.717) is 16.8 Å². The van der Waals surface area contributed by atoms with Crippen molar-refractivity contribution >= 4 is 34.8 Å². The number of benzene rings is 3. The molecule has 32 heavy (non-hydrogen) atoms. The monoisotopic (exact) mass is 430 g/mol. The molecule has 1 aliphatic heterocycles. The highest BCUT2D eigenvalue weighted by Gasteiger charge is 2.36. The van der Waals surface area contributed by atoms with Crippen molar-refractivity contribution in [3.63, 3.8) is 0 Å². The molecule has 0 atom stereocenters. The van der Waals surface area contributed by atoms with Crippen LogP contribution in [0.4, 0.5) is 11.4 Å². The number of aryl methyl sites for hydroxylation is 1. The van der Waals surface area contributed by atoms with Crippen LogP contribution in [0.25, 0.3) is 11.6 Å². The quantitative estimate of drug-likeness (QED) is 0.285. The molecule has 160 valence electrons. The fourth-order valence-corrected chi connectivity index (χ4v) is 3.65. The van der Waals surface area contributed by atoms with Crippen LogP contribution >= 0.6 is 0 Å². The fraction of sp³-hybridized carbons (Fsp3) is 0.0833. The molecule has 3 aromatic rings. The number of nitrogens with zero attached hydrogens (tertiary/aromatic N) is 2. The first-order valence-electron chi connectivity index (χ1n) is 9.63. The molecule has 0 aromatic heterocycles. The van der Waals surface area contributed by atoms with Crippen LogP contribution in [-0.4, -0.2) is 29.0 Å². The number of carbonyl (C=O) groups is 2. The van der Waals surface area contributed by atoms with Gasteiger partial charge in [-0.1, -0.05) is 30.3 Å². The summed E-state index contributed by atoms with van der Waals surface area (Å²) in [4.78, 5) is 38.4. The molecule has 0 radical (unpaired) electrons. The lowest BCUT2D eigenvalue weighted by Crippen LogP contribution is -2.41. The van der Waals surface area contributed by atoms with Gasteiger partial charge in [0, 0.05) is 17.2 Å². The van der Waals surface area contributed by atoms with Crippen molar-refractivity contribution in [3.8, 4) is 11.5 Å². The summed E-state index contributed by atoms with van der Waals surface area (Å²) in [5, 5.41) is 21.4. The van der Waals surface area contributed by atoms with E-state index in [9.17, 15) is 24.8 Å². The number of ether oxygens (including phenoxy) is 1. The SMILES string of the molecule is COc1cc(/C=C2/C(=O)N(c3cccc(C)c3)C(=O)c3ccccc32)cc([N+](=O)[O-])c1O. The zero-order valence-electron chi connectivity index (χ0n) is 17.2. The van der Waals surface area contributed by atoms with Gasteiger partial charge in [-0.25, -0.2) is 4.90 Å². The third kappa shape index (κ3) is 3.47. The molecule has 4 rings (SSSR count). The van der Waals surface area contributed by atoms with Crippen LogP contribution in [0.1, 0.15) is 27.0 Å². The third-order valence-electron chi connectivity index (χ3n) is 5.15. The van der Waals surface area contributed by atoms with Gasteiger partial charge in [-0.05, 0) is 54.0 Å². The Morgan fingerprint density at radius 1 is 1.00 bits per heavy atom. The lowest BCUT2D eigenvalue weighted by atomic mass is 9.91. The minimum atomic E-state index is -0.737. The topological polar surface area (TPSA) is 110 Å². The van der Waals surface area contributed by atoms with Crippen LogP contribution in [0.2, 0.25) is 0 Å². The van der Waals surface area contributed by atoms with Crippen molar-refractivity contribution in [1.29, 1.82) is 0 Å². The maximum absolute atomic E-state index is 13.5. The van der Waals surface area contributed by atoms with E-state index in [1.807, 2.05) is 13.0 Å². The molecule has 0 fully saturated rings. The Labute approximate surface area is 183 Å². The summed E-state index contributed by atoms with van der Waals surface area (Å²) in [7, 11) is 1.27. The van der Waals surface area contributed by atoms with Crippen molar-refractivity contribution in [1.82, 2.24) is 0 Å². The largest absolute Gasteiger partial charge is 0.500 e. The lowest BCUT2D eigenvalue weighted by Gasteiger charge is -2.29. The highest BCUT2D eigenvalue weighted by molar-refractivity contribution is 6.43. The van der Waals surface area contributed by atoms with Crippen molar-refractivity contribution in [2.45, 2.75) is 6.92 Å². The van der Waals surface area contributed by atoms with Gasteiger partial charge in [0.25, 0.3) is 11.8 Å². The number of carbonyl (C=O) groups excluding carboxylic acids is 2. The third-order valence-corrected chi connectivity index (χ3v) is 5.15. The minimum Gasteiger partial charge on any atom is -0.500 e. The number of nitro groups is 1. The van der Waals surface area contributed by atoms with Crippen molar-refractivity contribution in [2.24, 2.45) is 0 Å². The van der Waals surface area contributed by atoms with E-state index in [4.69, 9.17) is 4.74 Å². The van der Waals surface area contributed by atoms with Crippen LogP contribution in [0.15, 0.2) is 60.7 Å². The normalized spacial score (nSPS) is 14.4. The first-order valence-corrected chi connectivity index (χ1v) is 9.63. The van der Waals surface area contributed by atoms with E-state index in [0.717, 1.165) is 16.5 Å². The number of hydrogen-bond donors (Lipinski definition) is 1. The molecule has 0 saturated heterocycles. The number of methoxy groups -OCH3 is 1. The van der Waals surface area contributed by atoms with Crippen molar-refractivity contribution in [3.05, 3.63) is 93.0 Å². The van der Waals surface area contributed by atoms with Crippen LogP contribution in [0.5, 0.6) is 11.5 Å². The molecule has 3 aromatic carbocycles. The summed E-state index contributed by atoms with van der Waals surface area (Å²) in [5.41, 5.74) is 1.95. The lowest BCUT2D eigenvalue weighted by molar-refractivity contribution is -0.386. The molecule has 1 heterocycles. The Kier molecular flexibility index (Phi) is 5.19. The van der Waals surface area contributed by atoms with Gasteiger partial charge in [-0.15, -0.1) is 0 Å². The van der Waals surface area contributed by atoms with E-state index in [1.165, 1.54) is 19.3 Å². The number of nitro benzene ring substituents is 1. The molecule has 0 spiro atoms. The number of aromatic hydroxyl groups is 1. The second kappa shape index (κ2) is 7.99. The summed E-state index contributed by atoms with van der Waals surface area (Å²) >= 11 is 0. The predicted octanol–water partition coefficient (Wildman–Crippen LogP) is 4.35. The molecular formula is C24H18N2O6. The standard InChI is InChI=1S/C24H18N2O6/c1-14-6-5-7-16(10-14)25-23(28)18-9-4-3-8-17(18)19(24(25)29)11-15-12-20(26(30)31)22(27)21(13-15)32-2/h3-13,27H,1-2H3/b19-11+. The summed E-state index contributed by atoms with van der Waals surface area (Å²) in [6.07, 6.45) is 1.45. The van der Waals surface area contributed by atoms with Gasteiger partial charge in [0.2, 0.25) is 5.75 Å². The number of amides is 2. The Morgan fingerprint density at radius 2 is 1.72 bits per heavy atom. The molecular weight excluding hydrogens is 412 g/mol. The fourth-order valence-electron chi connectivity index (χ4n) is 3.65. The molecule has 1 N–H and O–H groups in total. The molecule has 8 nitrogen and oxygen atoms in total. The van der Waals surface area contributed by atoms with Crippen LogP contribution in [-0.2, 0) is 4.79 Å². The number of phenols is 1. The van der Waals surface area contributed by atoms with Crippen LogP contribution in [0, 0.1) is 17.0 Å². The molecule has 2 amide bonds. The van der Waals surface area contributed by atoms with E-state index >= 15 is 0 Å². The van der Waals surface area contributed by atoms with Crippen molar-refractivity contribution < 1.29 is 24.4 Å². The van der Waals surface area contributed by atoms with E-state index in [2.05, 4.69) is 0 Å². The van der Waals surface area contributed by atoms with Gasteiger partial charge < -0.3 is 9.84 Å². The summed E-state index contributed by atoms with van der Waals surface area (Å²) in [6.45, 7) is 1.86. The summed E-state index contributed by atoms with van der Waals surface area (Å²) < 4.78 is 5.05. The summed E-state index contributed by atoms with van der Waals surface area (Å²) in [5.74, 6) is -1.72. The second-order valence-corrected chi connectivity index (χ2v) is 7.24. The molecule has 0 bridgehead atoms. The predicted molar refractivity (Wildman–Crippen MR) is 119 cm³/mol. The average molecular weight is 430 g/mol. The van der Waals surface area contributed by atoms with Gasteiger partial charge in [0.15, 0.2) is 5.75 Å². The smallest absolute Gasteiger partial charge is 0.315 e. The molecule has 0 aliphatic carbocycles. The maximum atomic E-state index is 13.5. The van der Waals surface area contributed by atoms with E-state index in [-0.39, 0.29) is 16.9 Å². The number of phenolic OH excluding ortho intramolecular Hbond substituents is 1. The minimum absolute atomic E-state index is 0.103. The van der Waals surface area contributed by atoms with Gasteiger partial charge in [0.1, 0.15) is 0 Å². The highest BCUT2D eigenvalue weighted by Crippen LogP contribution is 2.39. The molecule has 8 heteroatoms. The zero-order valence-corrected chi connectivity index (χ0v) is 17.2. The second-order valence-electron chi connectivity index (χ2n) is 7.24. The Bertz CT molecular complexity index is 1310. The van der Waals surface area contributed by atoms with Gasteiger partial charge >= 0.3 is 5.69 Å². The number of imide groups is 1. The number of fused-ring (bicyclic) bond motifs is 1. The van der Waals surface area contributed by atoms with Crippen LogP contribution < -0.4 is 9.64 Å². The van der Waals surface area contributed by atoms with E-state index in [1.54, 1.807) is 42.5 Å². The average Bonchev–Trinajstić information content (AvgIpc) is 2.77. The molecule has 1 aliphatic rings. The zero-order chi connectivity index (χ0) is 23.0. The first-order chi connectivity index (χ1) is 15.3. The number of rotatable bonds is 4. The molecule has 0 saturated carbocycles. The molecule has 0 unspecified atom stereocenters. The number of anilines is 1. The Balaban J connectivity index is 1.93. The van der Waals surface area contributed by atoms with E-state index < -0.39 is 28.2 Å². The number of hydrogen-bond acceptors (Lipinski definition) is 6. The van der Waals surface area contributed by atoms with Gasteiger partial charge in [0.05, 0.1) is 17.7 Å². The Hall–Kier alpha value is -4.46. The maximum Gasteiger partial charge on any atom is 0.315 e. The summed E-state index contributed by atoms with van der Waals surface area (Å²) in [6, 6.07) is 16.2. The van der Waals surface area contributed by atoms with Crippen LogP contribution in [0.3, 0.4) is 0 Å². The Morgan fingerprint density at radius 3 is 2.38 bits per heavy atom. The highest BCUT2D eigenvalue weighted by atomic mass is 16.6. The first kappa shape index (κ1) is 20.8. The van der Waals surface area contributed by atoms with Crippen molar-refractivity contribution in [2.75, 3.05) is 12.0 Å². The van der Waals surface area contributed by atoms with Gasteiger partial charge in [-0.3, -0.25) is 19.7 Å². The van der Waals surface area contributed by atoms with Gasteiger partial charge in [-0.2, -0.15) is 0 Å².